The van der Waals surface area contributed by atoms with Gasteiger partial charge in [-0.05, 0) is 45.0 Å². The lowest BCUT2D eigenvalue weighted by Crippen LogP contribution is -2.51. The fourth-order valence-electron chi connectivity index (χ4n) is 2.98. The molecule has 1 saturated heterocycles. The molecular weight excluding hydrogens is 316 g/mol. The van der Waals surface area contributed by atoms with Gasteiger partial charge in [-0.25, -0.2) is 0 Å². The zero-order chi connectivity index (χ0) is 14.8. The number of nitrogens with one attached hydrogen (secondary N) is 1. The molecule has 0 amide bonds. The van der Waals surface area contributed by atoms with Crippen LogP contribution in [0, 0.1) is 0 Å². The zero-order valence-corrected chi connectivity index (χ0v) is 14.5. The van der Waals surface area contributed by atoms with Gasteiger partial charge in [-0.2, -0.15) is 0 Å². The van der Waals surface area contributed by atoms with Gasteiger partial charge in [0.1, 0.15) is 0 Å². The summed E-state index contributed by atoms with van der Waals surface area (Å²) in [5.74, 6) is 0. The third-order valence-electron chi connectivity index (χ3n) is 3.53. The molecule has 1 aromatic rings. The molecule has 112 valence electrons. The molecule has 4 heteroatoms. The minimum atomic E-state index is -0.0593. The summed E-state index contributed by atoms with van der Waals surface area (Å²) in [6.45, 7) is 10.3. The van der Waals surface area contributed by atoms with E-state index in [1.165, 1.54) is 15.6 Å². The summed E-state index contributed by atoms with van der Waals surface area (Å²) >= 11 is 3.70. The molecule has 0 aromatic heterocycles. The van der Waals surface area contributed by atoms with Crippen molar-refractivity contribution in [2.75, 3.05) is 20.1 Å². The van der Waals surface area contributed by atoms with Gasteiger partial charge in [0.15, 0.2) is 0 Å². The second kappa shape index (κ2) is 6.56. The van der Waals surface area contributed by atoms with Gasteiger partial charge < -0.3 is 10.1 Å². The molecule has 1 aromatic carbocycles. The van der Waals surface area contributed by atoms with Crippen LogP contribution in [-0.2, 0) is 17.8 Å². The first-order valence-corrected chi connectivity index (χ1v) is 8.01. The summed E-state index contributed by atoms with van der Waals surface area (Å²) in [5.41, 5.74) is 2.59. The Balaban J connectivity index is 2.06. The lowest BCUT2D eigenvalue weighted by molar-refractivity contribution is -0.130. The van der Waals surface area contributed by atoms with Crippen LogP contribution in [-0.4, -0.2) is 36.7 Å². The lowest BCUT2D eigenvalue weighted by Gasteiger charge is -2.41. The van der Waals surface area contributed by atoms with Gasteiger partial charge in [-0.1, -0.05) is 28.1 Å². The molecule has 1 aliphatic heterocycles. The molecule has 3 nitrogen and oxygen atoms in total. The summed E-state index contributed by atoms with van der Waals surface area (Å²) in [6, 6.07) is 6.64. The Labute approximate surface area is 130 Å². The minimum absolute atomic E-state index is 0.0593. The van der Waals surface area contributed by atoms with E-state index in [1.807, 2.05) is 7.05 Å². The summed E-state index contributed by atoms with van der Waals surface area (Å²) in [5, 5.41) is 3.18. The molecule has 1 heterocycles. The van der Waals surface area contributed by atoms with Crippen molar-refractivity contribution in [3.05, 3.63) is 33.8 Å². The number of benzene rings is 1. The van der Waals surface area contributed by atoms with Gasteiger partial charge in [-0.15, -0.1) is 0 Å². The molecule has 1 aliphatic rings. The predicted octanol–water partition coefficient (Wildman–Crippen LogP) is 3.17. The number of rotatable bonds is 4. The monoisotopic (exact) mass is 340 g/mol. The van der Waals surface area contributed by atoms with Crippen LogP contribution in [0.3, 0.4) is 0 Å². The van der Waals surface area contributed by atoms with E-state index in [0.29, 0.717) is 6.10 Å². The first-order valence-electron chi connectivity index (χ1n) is 7.22. The average molecular weight is 341 g/mol. The number of morpholine rings is 1. The van der Waals surface area contributed by atoms with Crippen LogP contribution < -0.4 is 5.32 Å². The van der Waals surface area contributed by atoms with E-state index in [4.69, 9.17) is 4.74 Å². The van der Waals surface area contributed by atoms with Gasteiger partial charge in [0, 0.05) is 30.7 Å². The van der Waals surface area contributed by atoms with Crippen LogP contribution >= 0.6 is 15.9 Å². The van der Waals surface area contributed by atoms with Gasteiger partial charge in [0.05, 0.1) is 11.7 Å². The number of halogens is 1. The Morgan fingerprint density at radius 2 is 2.20 bits per heavy atom. The number of hydrogen-bond acceptors (Lipinski definition) is 3. The van der Waals surface area contributed by atoms with E-state index in [2.05, 4.69) is 65.1 Å². The zero-order valence-electron chi connectivity index (χ0n) is 12.9. The predicted molar refractivity (Wildman–Crippen MR) is 86.8 cm³/mol. The maximum absolute atomic E-state index is 5.96. The summed E-state index contributed by atoms with van der Waals surface area (Å²) < 4.78 is 7.16. The van der Waals surface area contributed by atoms with Crippen molar-refractivity contribution in [2.45, 2.75) is 45.6 Å². The summed E-state index contributed by atoms with van der Waals surface area (Å²) in [6.07, 6.45) is 0.293. The maximum Gasteiger partial charge on any atom is 0.0757 e. The molecule has 1 atom stereocenters. The molecule has 1 unspecified atom stereocenters. The highest BCUT2D eigenvalue weighted by atomic mass is 79.9. The Bertz CT molecular complexity index is 462. The van der Waals surface area contributed by atoms with Crippen molar-refractivity contribution in [2.24, 2.45) is 0 Å². The first kappa shape index (κ1) is 16.0. The average Bonchev–Trinajstić information content (AvgIpc) is 2.30. The van der Waals surface area contributed by atoms with E-state index in [1.54, 1.807) is 0 Å². The molecular formula is C16H25BrN2O. The quantitative estimate of drug-likeness (QED) is 0.910. The lowest BCUT2D eigenvalue weighted by atomic mass is 10.0. The molecule has 0 aliphatic carbocycles. The van der Waals surface area contributed by atoms with Gasteiger partial charge in [0.25, 0.3) is 0 Å². The van der Waals surface area contributed by atoms with Crippen molar-refractivity contribution in [1.29, 1.82) is 0 Å². The minimum Gasteiger partial charge on any atom is -0.370 e. The van der Waals surface area contributed by atoms with E-state index < -0.39 is 0 Å². The smallest absolute Gasteiger partial charge is 0.0757 e. The van der Waals surface area contributed by atoms with Gasteiger partial charge >= 0.3 is 0 Å². The Morgan fingerprint density at radius 3 is 2.80 bits per heavy atom. The molecule has 1 fully saturated rings. The number of ether oxygens (including phenoxy) is 1. The Hall–Kier alpha value is -0.420. The Kier molecular flexibility index (Phi) is 5.24. The van der Waals surface area contributed by atoms with E-state index in [9.17, 15) is 0 Å². The van der Waals surface area contributed by atoms with Gasteiger partial charge in [0.2, 0.25) is 0 Å². The van der Waals surface area contributed by atoms with Crippen LogP contribution in [0.15, 0.2) is 22.7 Å². The third-order valence-corrected chi connectivity index (χ3v) is 4.27. The van der Waals surface area contributed by atoms with E-state index in [-0.39, 0.29) is 5.60 Å². The van der Waals surface area contributed by atoms with Crippen molar-refractivity contribution >= 4 is 15.9 Å². The Morgan fingerprint density at radius 1 is 1.45 bits per heavy atom. The molecule has 0 radical (unpaired) electrons. The number of hydrogen-bond donors (Lipinski definition) is 1. The third kappa shape index (κ3) is 4.29. The largest absolute Gasteiger partial charge is 0.370 e. The normalized spacial score (nSPS) is 22.9. The van der Waals surface area contributed by atoms with Crippen molar-refractivity contribution in [3.8, 4) is 0 Å². The van der Waals surface area contributed by atoms with Crippen molar-refractivity contribution < 1.29 is 4.74 Å². The van der Waals surface area contributed by atoms with Crippen LogP contribution in [0.25, 0.3) is 0 Å². The van der Waals surface area contributed by atoms with Crippen LogP contribution in [0.4, 0.5) is 0 Å². The topological polar surface area (TPSA) is 24.5 Å². The van der Waals surface area contributed by atoms with Crippen molar-refractivity contribution in [3.63, 3.8) is 0 Å². The van der Waals surface area contributed by atoms with Gasteiger partial charge in [-0.3, -0.25) is 4.90 Å². The van der Waals surface area contributed by atoms with E-state index in [0.717, 1.165) is 26.2 Å². The second-order valence-electron chi connectivity index (χ2n) is 6.31. The highest BCUT2D eigenvalue weighted by Gasteiger charge is 2.31. The number of nitrogens with zero attached hydrogens (tertiary/aromatic N) is 1. The fourth-order valence-corrected chi connectivity index (χ4v) is 3.53. The van der Waals surface area contributed by atoms with Crippen LogP contribution in [0.2, 0.25) is 0 Å². The summed E-state index contributed by atoms with van der Waals surface area (Å²) in [4.78, 5) is 2.48. The first-order chi connectivity index (χ1) is 9.39. The highest BCUT2D eigenvalue weighted by Crippen LogP contribution is 2.25. The standard InChI is InChI=1S/C16H25BrN2O/c1-12-9-19(11-16(2,3)20-12)10-14-6-5-13(8-18-4)7-15(14)17/h5-7,12,18H,8-11H2,1-4H3. The summed E-state index contributed by atoms with van der Waals surface area (Å²) in [7, 11) is 1.97. The molecule has 2 rings (SSSR count). The fraction of sp³-hybridized carbons (Fsp3) is 0.625. The van der Waals surface area contributed by atoms with Crippen LogP contribution in [0.1, 0.15) is 31.9 Å². The van der Waals surface area contributed by atoms with Crippen LogP contribution in [0.5, 0.6) is 0 Å². The molecule has 0 bridgehead atoms. The maximum atomic E-state index is 5.96. The highest BCUT2D eigenvalue weighted by molar-refractivity contribution is 9.10. The molecule has 0 saturated carbocycles. The SMILES string of the molecule is CNCc1ccc(CN2CC(C)OC(C)(C)C2)c(Br)c1. The van der Waals surface area contributed by atoms with E-state index >= 15 is 0 Å². The molecule has 1 N–H and O–H groups in total. The van der Waals surface area contributed by atoms with Crippen molar-refractivity contribution in [1.82, 2.24) is 10.2 Å². The molecule has 0 spiro atoms. The second-order valence-corrected chi connectivity index (χ2v) is 7.17. The molecule has 20 heavy (non-hydrogen) atoms.